The lowest BCUT2D eigenvalue weighted by Gasteiger charge is -2.14. The van der Waals surface area contributed by atoms with Crippen LogP contribution in [-0.4, -0.2) is 5.78 Å². The van der Waals surface area contributed by atoms with E-state index in [0.29, 0.717) is 0 Å². The molecule has 0 aliphatic heterocycles. The predicted molar refractivity (Wildman–Crippen MR) is 69.5 cm³/mol. The van der Waals surface area contributed by atoms with Crippen LogP contribution in [0.3, 0.4) is 0 Å². The molecule has 17 heavy (non-hydrogen) atoms. The van der Waals surface area contributed by atoms with Crippen LogP contribution in [0.4, 0.5) is 0 Å². The fraction of sp³-hybridized carbons (Fsp3) is 0.0625. The van der Waals surface area contributed by atoms with Crippen molar-refractivity contribution < 1.29 is 4.79 Å². The molecule has 0 heterocycles. The van der Waals surface area contributed by atoms with Gasteiger partial charge in [0.2, 0.25) is 0 Å². The van der Waals surface area contributed by atoms with Gasteiger partial charge < -0.3 is 0 Å². The van der Waals surface area contributed by atoms with Crippen molar-refractivity contribution in [1.82, 2.24) is 0 Å². The van der Waals surface area contributed by atoms with Crippen molar-refractivity contribution >= 4 is 17.9 Å². The smallest absolute Gasteiger partial charge is 0.167 e. The van der Waals surface area contributed by atoms with Gasteiger partial charge in [0, 0.05) is 0 Å². The Morgan fingerprint density at radius 3 is 2.65 bits per heavy atom. The second-order valence-electron chi connectivity index (χ2n) is 4.23. The first-order valence-electron chi connectivity index (χ1n) is 5.72. The molecule has 0 fully saturated rings. The molecule has 82 valence electrons. The number of hydrogen-bond donors (Lipinski definition) is 0. The molecule has 3 rings (SSSR count). The Hall–Kier alpha value is -2.15. The quantitative estimate of drug-likeness (QED) is 0.647. The summed E-state index contributed by atoms with van der Waals surface area (Å²) in [6.45, 7) is 0. The van der Waals surface area contributed by atoms with Crippen molar-refractivity contribution in [2.45, 2.75) is 0 Å². The zero-order valence-electron chi connectivity index (χ0n) is 9.34. The van der Waals surface area contributed by atoms with Gasteiger partial charge in [0.1, 0.15) is 0 Å². The number of benzene rings is 1. The molecule has 1 aromatic rings. The normalized spacial score (nSPS) is 21.3. The van der Waals surface area contributed by atoms with Gasteiger partial charge >= 0.3 is 0 Å². The second-order valence-corrected chi connectivity index (χ2v) is 4.23. The number of hydrogen-bond acceptors (Lipinski definition) is 1. The van der Waals surface area contributed by atoms with Crippen LogP contribution < -0.4 is 10.4 Å². The summed E-state index contributed by atoms with van der Waals surface area (Å²) in [7, 11) is 0. The number of ketones is 1. The van der Waals surface area contributed by atoms with E-state index in [2.05, 4.69) is 6.08 Å². The van der Waals surface area contributed by atoms with Crippen molar-refractivity contribution in [1.29, 1.82) is 0 Å². The number of fused-ring (bicyclic) bond motifs is 2. The number of carbonyl (C=O) groups excluding carboxylic acids is 1. The highest BCUT2D eigenvalue weighted by Gasteiger charge is 2.18. The van der Waals surface area contributed by atoms with Crippen molar-refractivity contribution in [3.63, 3.8) is 0 Å². The van der Waals surface area contributed by atoms with Crippen LogP contribution in [0.15, 0.2) is 60.2 Å². The molecule has 1 atom stereocenters. The van der Waals surface area contributed by atoms with Gasteiger partial charge in [-0.2, -0.15) is 0 Å². The van der Waals surface area contributed by atoms with Crippen LogP contribution in [0.25, 0.3) is 12.2 Å². The van der Waals surface area contributed by atoms with Gasteiger partial charge in [-0.05, 0) is 22.1 Å². The molecule has 0 spiro atoms. The van der Waals surface area contributed by atoms with E-state index in [1.165, 1.54) is 0 Å². The first-order chi connectivity index (χ1) is 8.34. The molecule has 1 nitrogen and oxygen atoms in total. The van der Waals surface area contributed by atoms with Crippen LogP contribution in [-0.2, 0) is 4.79 Å². The van der Waals surface area contributed by atoms with E-state index in [9.17, 15) is 4.79 Å². The Morgan fingerprint density at radius 1 is 0.941 bits per heavy atom. The third-order valence-electron chi connectivity index (χ3n) is 3.12. The first kappa shape index (κ1) is 10.0. The molecule has 1 heteroatoms. The SMILES string of the molecule is O=C1C=c2ccccc2=CC=C2C=CC=CC12. The Bertz CT molecular complexity index is 672. The first-order valence-corrected chi connectivity index (χ1v) is 5.72. The minimum Gasteiger partial charge on any atom is -0.294 e. The van der Waals surface area contributed by atoms with Crippen molar-refractivity contribution in [3.05, 3.63) is 70.7 Å². The summed E-state index contributed by atoms with van der Waals surface area (Å²) >= 11 is 0. The standard InChI is InChI=1S/C16H12O/c17-16-11-14-7-2-1-5-12(14)9-10-13-6-3-4-8-15(13)16/h1-11,15H. The van der Waals surface area contributed by atoms with Crippen LogP contribution in [0.1, 0.15) is 0 Å². The minimum absolute atomic E-state index is 0.121. The molecule has 0 aromatic heterocycles. The van der Waals surface area contributed by atoms with E-state index in [1.54, 1.807) is 6.08 Å². The maximum absolute atomic E-state index is 12.2. The van der Waals surface area contributed by atoms with Crippen LogP contribution >= 0.6 is 0 Å². The molecule has 0 radical (unpaired) electrons. The molecule has 0 N–H and O–H groups in total. The summed E-state index contributed by atoms with van der Waals surface area (Å²) in [4.78, 5) is 12.2. The van der Waals surface area contributed by atoms with E-state index in [0.717, 1.165) is 16.0 Å². The molecular weight excluding hydrogens is 208 g/mol. The summed E-state index contributed by atoms with van der Waals surface area (Å²) in [5, 5.41) is 2.09. The number of rotatable bonds is 0. The molecular formula is C16H12O. The highest BCUT2D eigenvalue weighted by atomic mass is 16.1. The van der Waals surface area contributed by atoms with Crippen molar-refractivity contribution in [2.75, 3.05) is 0 Å². The second kappa shape index (κ2) is 4.02. The van der Waals surface area contributed by atoms with E-state index < -0.39 is 0 Å². The van der Waals surface area contributed by atoms with Gasteiger partial charge in [0.15, 0.2) is 5.78 Å². The van der Waals surface area contributed by atoms with E-state index in [1.807, 2.05) is 54.6 Å². The summed E-state index contributed by atoms with van der Waals surface area (Å²) in [6, 6.07) is 7.95. The summed E-state index contributed by atoms with van der Waals surface area (Å²) < 4.78 is 0. The topological polar surface area (TPSA) is 17.1 Å². The van der Waals surface area contributed by atoms with Crippen molar-refractivity contribution in [3.8, 4) is 0 Å². The fourth-order valence-electron chi connectivity index (χ4n) is 2.20. The third kappa shape index (κ3) is 1.80. The molecule has 1 aromatic carbocycles. The van der Waals surface area contributed by atoms with Gasteiger partial charge in [-0.3, -0.25) is 4.79 Å². The molecule has 0 amide bonds. The maximum atomic E-state index is 12.2. The molecule has 0 bridgehead atoms. The zero-order valence-corrected chi connectivity index (χ0v) is 9.34. The van der Waals surface area contributed by atoms with Crippen LogP contribution in [0, 0.1) is 5.92 Å². The average molecular weight is 220 g/mol. The fourth-order valence-corrected chi connectivity index (χ4v) is 2.20. The summed E-state index contributed by atoms with van der Waals surface area (Å²) in [5.74, 6) is 0.0296. The highest BCUT2D eigenvalue weighted by molar-refractivity contribution is 6.10. The van der Waals surface area contributed by atoms with Gasteiger partial charge in [-0.25, -0.2) is 0 Å². The lowest BCUT2D eigenvalue weighted by atomic mass is 9.88. The number of allylic oxidation sites excluding steroid dienone is 6. The number of carbonyl (C=O) groups is 1. The highest BCUT2D eigenvalue weighted by Crippen LogP contribution is 2.20. The maximum Gasteiger partial charge on any atom is 0.167 e. The predicted octanol–water partition coefficient (Wildman–Crippen LogP) is 1.50. The largest absolute Gasteiger partial charge is 0.294 e. The Labute approximate surface area is 99.8 Å². The Balaban J connectivity index is 2.28. The Kier molecular flexibility index (Phi) is 2.37. The van der Waals surface area contributed by atoms with Crippen LogP contribution in [0.2, 0.25) is 0 Å². The summed E-state index contributed by atoms with van der Waals surface area (Å²) in [5.41, 5.74) is 1.06. The van der Waals surface area contributed by atoms with Gasteiger partial charge in [-0.15, -0.1) is 0 Å². The van der Waals surface area contributed by atoms with Gasteiger partial charge in [0.25, 0.3) is 0 Å². The molecule has 1 unspecified atom stereocenters. The van der Waals surface area contributed by atoms with E-state index >= 15 is 0 Å². The van der Waals surface area contributed by atoms with Gasteiger partial charge in [0.05, 0.1) is 5.92 Å². The monoisotopic (exact) mass is 220 g/mol. The molecule has 2 aliphatic rings. The van der Waals surface area contributed by atoms with E-state index in [4.69, 9.17) is 0 Å². The lowest BCUT2D eigenvalue weighted by Crippen LogP contribution is -2.28. The van der Waals surface area contributed by atoms with Gasteiger partial charge in [-0.1, -0.05) is 60.7 Å². The molecule has 0 saturated heterocycles. The third-order valence-corrected chi connectivity index (χ3v) is 3.12. The van der Waals surface area contributed by atoms with Crippen LogP contribution in [0.5, 0.6) is 0 Å². The zero-order chi connectivity index (χ0) is 11.7. The lowest BCUT2D eigenvalue weighted by molar-refractivity contribution is -0.114. The minimum atomic E-state index is -0.121. The Morgan fingerprint density at radius 2 is 1.76 bits per heavy atom. The average Bonchev–Trinajstić information content (AvgIpc) is 2.36. The molecule has 0 saturated carbocycles. The molecule has 2 aliphatic carbocycles. The summed E-state index contributed by atoms with van der Waals surface area (Å²) in [6.07, 6.45) is 13.7. The number of Topliss-reactive ketones (excluding diaryl/α,β-unsaturated/α-hetero) is 1. The van der Waals surface area contributed by atoms with Crippen molar-refractivity contribution in [2.24, 2.45) is 5.92 Å². The van der Waals surface area contributed by atoms with E-state index in [-0.39, 0.29) is 11.7 Å².